The number of rotatable bonds is 5. The Balaban J connectivity index is 1.57. The normalized spacial score (nSPS) is 14.9. The summed E-state index contributed by atoms with van der Waals surface area (Å²) in [6, 6.07) is 11.8. The third-order valence-corrected chi connectivity index (χ3v) is 6.29. The number of carbonyl (C=O) groups excluding carboxylic acids is 1. The summed E-state index contributed by atoms with van der Waals surface area (Å²) < 4.78 is 5.46. The van der Waals surface area contributed by atoms with Crippen molar-refractivity contribution in [2.45, 2.75) is 12.8 Å². The van der Waals surface area contributed by atoms with Crippen LogP contribution < -0.4 is 4.90 Å². The predicted molar refractivity (Wildman–Crippen MR) is 128 cm³/mol. The quantitative estimate of drug-likeness (QED) is 0.413. The zero-order chi connectivity index (χ0) is 22.8. The summed E-state index contributed by atoms with van der Waals surface area (Å²) in [7, 11) is 0. The van der Waals surface area contributed by atoms with Crippen LogP contribution in [-0.4, -0.2) is 52.5 Å². The molecule has 0 amide bonds. The maximum atomic E-state index is 12.1. The van der Waals surface area contributed by atoms with Gasteiger partial charge in [0.1, 0.15) is 12.6 Å². The summed E-state index contributed by atoms with van der Waals surface area (Å²) >= 11 is 6.53. The van der Waals surface area contributed by atoms with Crippen LogP contribution in [-0.2, 0) is 9.53 Å². The number of fused-ring (bicyclic) bond motifs is 1. The summed E-state index contributed by atoms with van der Waals surface area (Å²) in [5, 5.41) is 1.43. The van der Waals surface area contributed by atoms with E-state index in [1.807, 2.05) is 25.1 Å². The molecule has 4 aromatic rings. The topological polar surface area (TPSA) is 81.1 Å². The Labute approximate surface area is 196 Å². The molecule has 0 aliphatic carbocycles. The second-order valence-corrected chi connectivity index (χ2v) is 8.31. The number of carbonyl (C=O) groups is 1. The van der Waals surface area contributed by atoms with Gasteiger partial charge in [0, 0.05) is 47.1 Å². The standard InChI is InChI=1S/C25H22ClN5O2/c1-16-24(28-7-6-27-16)21(14-32)20-12-17(2-5-22(20)26)25-19-4-3-18(13-23(19)29-15-30-25)31-8-10-33-11-9-31/h2-7,12-15,21H,8-11H2,1H3. The van der Waals surface area contributed by atoms with Crippen molar-refractivity contribution in [3.63, 3.8) is 0 Å². The van der Waals surface area contributed by atoms with Gasteiger partial charge in [-0.3, -0.25) is 9.97 Å². The van der Waals surface area contributed by atoms with Crippen LogP contribution in [0.2, 0.25) is 5.02 Å². The van der Waals surface area contributed by atoms with E-state index in [1.165, 1.54) is 0 Å². The molecule has 2 aromatic heterocycles. The highest BCUT2D eigenvalue weighted by Gasteiger charge is 2.22. The molecule has 166 valence electrons. The molecule has 2 aromatic carbocycles. The number of hydrogen-bond acceptors (Lipinski definition) is 7. The maximum Gasteiger partial charge on any atom is 0.133 e. The van der Waals surface area contributed by atoms with Gasteiger partial charge in [0.05, 0.1) is 41.7 Å². The Kier molecular flexibility index (Phi) is 5.98. The molecule has 5 rings (SSSR count). The van der Waals surface area contributed by atoms with Gasteiger partial charge in [0.2, 0.25) is 0 Å². The maximum absolute atomic E-state index is 12.1. The number of anilines is 1. The molecular weight excluding hydrogens is 438 g/mol. The molecule has 3 heterocycles. The Morgan fingerprint density at radius 1 is 1.03 bits per heavy atom. The van der Waals surface area contributed by atoms with E-state index in [1.54, 1.807) is 24.8 Å². The first kappa shape index (κ1) is 21.4. The van der Waals surface area contributed by atoms with Crippen molar-refractivity contribution >= 4 is 34.5 Å². The van der Waals surface area contributed by atoms with Crippen molar-refractivity contribution in [3.05, 3.63) is 77.1 Å². The summed E-state index contributed by atoms with van der Waals surface area (Å²) in [4.78, 5) is 32.1. The van der Waals surface area contributed by atoms with Crippen molar-refractivity contribution < 1.29 is 9.53 Å². The van der Waals surface area contributed by atoms with E-state index in [0.29, 0.717) is 22.0 Å². The number of morpholine rings is 1. The van der Waals surface area contributed by atoms with Crippen molar-refractivity contribution in [2.24, 2.45) is 0 Å². The van der Waals surface area contributed by atoms with Crippen LogP contribution in [0.25, 0.3) is 22.2 Å². The van der Waals surface area contributed by atoms with E-state index in [4.69, 9.17) is 16.3 Å². The molecule has 33 heavy (non-hydrogen) atoms. The first-order chi connectivity index (χ1) is 16.2. The number of ether oxygens (including phenoxy) is 1. The molecule has 1 atom stereocenters. The van der Waals surface area contributed by atoms with E-state index >= 15 is 0 Å². The van der Waals surface area contributed by atoms with Gasteiger partial charge in [-0.1, -0.05) is 17.7 Å². The molecule has 8 heteroatoms. The SMILES string of the molecule is Cc1nccnc1C(C=O)c1cc(-c2ncnc3cc(N4CCOCC4)ccc23)ccc1Cl. The van der Waals surface area contributed by atoms with Crippen LogP contribution in [0, 0.1) is 6.92 Å². The number of nitrogens with zero attached hydrogens (tertiary/aromatic N) is 5. The van der Waals surface area contributed by atoms with Gasteiger partial charge in [-0.2, -0.15) is 0 Å². The second-order valence-electron chi connectivity index (χ2n) is 7.90. The van der Waals surface area contributed by atoms with Crippen LogP contribution >= 0.6 is 11.6 Å². The average Bonchev–Trinajstić information content (AvgIpc) is 2.86. The minimum absolute atomic E-state index is 0.494. The minimum atomic E-state index is -0.618. The summed E-state index contributed by atoms with van der Waals surface area (Å²) in [6.45, 7) is 5.01. The van der Waals surface area contributed by atoms with Crippen LogP contribution in [0.5, 0.6) is 0 Å². The van der Waals surface area contributed by atoms with Gasteiger partial charge < -0.3 is 14.4 Å². The van der Waals surface area contributed by atoms with E-state index in [9.17, 15) is 4.79 Å². The van der Waals surface area contributed by atoms with E-state index in [0.717, 1.165) is 60.4 Å². The van der Waals surface area contributed by atoms with Gasteiger partial charge in [0.25, 0.3) is 0 Å². The molecule has 0 spiro atoms. The lowest BCUT2D eigenvalue weighted by atomic mass is 9.93. The first-order valence-corrected chi connectivity index (χ1v) is 11.1. The molecule has 1 aliphatic heterocycles. The Morgan fingerprint density at radius 2 is 1.85 bits per heavy atom. The zero-order valence-corrected chi connectivity index (χ0v) is 18.9. The van der Waals surface area contributed by atoms with Crippen molar-refractivity contribution in [2.75, 3.05) is 31.2 Å². The van der Waals surface area contributed by atoms with Gasteiger partial charge in [-0.15, -0.1) is 0 Å². The molecular formula is C25H22ClN5O2. The zero-order valence-electron chi connectivity index (χ0n) is 18.1. The van der Waals surface area contributed by atoms with Crippen LogP contribution in [0.3, 0.4) is 0 Å². The third kappa shape index (κ3) is 4.17. The fourth-order valence-electron chi connectivity index (χ4n) is 4.23. The molecule has 1 unspecified atom stereocenters. The van der Waals surface area contributed by atoms with E-state index in [2.05, 4.69) is 37.0 Å². The van der Waals surface area contributed by atoms with Gasteiger partial charge in [-0.05, 0) is 42.8 Å². The van der Waals surface area contributed by atoms with Gasteiger partial charge >= 0.3 is 0 Å². The number of aldehydes is 1. The fraction of sp³-hybridized carbons (Fsp3) is 0.240. The smallest absolute Gasteiger partial charge is 0.133 e. The van der Waals surface area contributed by atoms with Gasteiger partial charge in [0.15, 0.2) is 0 Å². The number of hydrogen-bond donors (Lipinski definition) is 0. The molecule has 0 bridgehead atoms. The highest BCUT2D eigenvalue weighted by molar-refractivity contribution is 6.31. The monoisotopic (exact) mass is 459 g/mol. The highest BCUT2D eigenvalue weighted by Crippen LogP contribution is 2.35. The number of halogens is 1. The summed E-state index contributed by atoms with van der Waals surface area (Å²) in [5.74, 6) is -0.618. The Hall–Kier alpha value is -3.42. The molecule has 0 N–H and O–H groups in total. The number of aromatic nitrogens is 4. The van der Waals surface area contributed by atoms with Crippen LogP contribution in [0.15, 0.2) is 55.1 Å². The third-order valence-electron chi connectivity index (χ3n) is 5.95. The highest BCUT2D eigenvalue weighted by atomic mass is 35.5. The molecule has 1 saturated heterocycles. The van der Waals surface area contributed by atoms with Crippen LogP contribution in [0.4, 0.5) is 5.69 Å². The summed E-state index contributed by atoms with van der Waals surface area (Å²) in [5.41, 5.74) is 5.57. The minimum Gasteiger partial charge on any atom is -0.378 e. The van der Waals surface area contributed by atoms with Crippen LogP contribution in [0.1, 0.15) is 22.9 Å². The van der Waals surface area contributed by atoms with Crippen molar-refractivity contribution in [1.29, 1.82) is 0 Å². The molecule has 0 saturated carbocycles. The largest absolute Gasteiger partial charge is 0.378 e. The molecule has 1 aliphatic rings. The van der Waals surface area contributed by atoms with E-state index < -0.39 is 5.92 Å². The van der Waals surface area contributed by atoms with Crippen molar-refractivity contribution in [1.82, 2.24) is 19.9 Å². The lowest BCUT2D eigenvalue weighted by Crippen LogP contribution is -2.36. The van der Waals surface area contributed by atoms with Gasteiger partial charge in [-0.25, -0.2) is 9.97 Å². The predicted octanol–water partition coefficient (Wildman–Crippen LogP) is 4.22. The second kappa shape index (κ2) is 9.21. The first-order valence-electron chi connectivity index (χ1n) is 10.8. The van der Waals surface area contributed by atoms with E-state index in [-0.39, 0.29) is 0 Å². The molecule has 0 radical (unpaired) electrons. The fourth-order valence-corrected chi connectivity index (χ4v) is 4.47. The Bertz CT molecular complexity index is 1320. The summed E-state index contributed by atoms with van der Waals surface area (Å²) in [6.07, 6.45) is 5.62. The van der Waals surface area contributed by atoms with Crippen molar-refractivity contribution in [3.8, 4) is 11.3 Å². The lowest BCUT2D eigenvalue weighted by Gasteiger charge is -2.29. The molecule has 1 fully saturated rings. The number of aryl methyl sites for hydroxylation is 1. The average molecular weight is 460 g/mol. The lowest BCUT2D eigenvalue weighted by molar-refractivity contribution is -0.108. The Morgan fingerprint density at radius 3 is 2.64 bits per heavy atom. The number of benzene rings is 2. The molecule has 7 nitrogen and oxygen atoms in total.